The van der Waals surface area contributed by atoms with Gasteiger partial charge in [-0.2, -0.15) is 0 Å². The number of hydrogen-bond acceptors (Lipinski definition) is 3. The molecule has 2 aromatic carbocycles. The van der Waals surface area contributed by atoms with Gasteiger partial charge in [-0.05, 0) is 30.7 Å². The molecule has 0 unspecified atom stereocenters. The first kappa shape index (κ1) is 15.3. The molecule has 0 heterocycles. The summed E-state index contributed by atoms with van der Waals surface area (Å²) < 4.78 is 10.6. The Balaban J connectivity index is 2.12. The van der Waals surface area contributed by atoms with Gasteiger partial charge in [0, 0.05) is 6.54 Å². The SMILES string of the molecule is COc1ccc(OC)c(C(=S)NCc2cccc(C)c2)c1. The van der Waals surface area contributed by atoms with E-state index in [0.29, 0.717) is 11.5 Å². The van der Waals surface area contributed by atoms with Gasteiger partial charge in [0.05, 0.1) is 19.8 Å². The van der Waals surface area contributed by atoms with Crippen LogP contribution in [0.5, 0.6) is 11.5 Å². The van der Waals surface area contributed by atoms with Crippen molar-refractivity contribution in [2.75, 3.05) is 14.2 Å². The number of rotatable bonds is 5. The van der Waals surface area contributed by atoms with Crippen molar-refractivity contribution in [3.8, 4) is 11.5 Å². The van der Waals surface area contributed by atoms with Crippen LogP contribution in [0.2, 0.25) is 0 Å². The zero-order chi connectivity index (χ0) is 15.2. The summed E-state index contributed by atoms with van der Waals surface area (Å²) in [6, 6.07) is 13.9. The van der Waals surface area contributed by atoms with E-state index in [2.05, 4.69) is 30.4 Å². The smallest absolute Gasteiger partial charge is 0.129 e. The van der Waals surface area contributed by atoms with Crippen molar-refractivity contribution in [3.05, 3.63) is 59.2 Å². The Labute approximate surface area is 130 Å². The summed E-state index contributed by atoms with van der Waals surface area (Å²) >= 11 is 5.47. The first-order chi connectivity index (χ1) is 10.1. The third kappa shape index (κ3) is 3.95. The van der Waals surface area contributed by atoms with Gasteiger partial charge >= 0.3 is 0 Å². The molecule has 1 N–H and O–H groups in total. The first-order valence-corrected chi connectivity index (χ1v) is 7.10. The van der Waals surface area contributed by atoms with Crippen molar-refractivity contribution >= 4 is 17.2 Å². The van der Waals surface area contributed by atoms with Crippen molar-refractivity contribution in [3.63, 3.8) is 0 Å². The highest BCUT2D eigenvalue weighted by atomic mass is 32.1. The van der Waals surface area contributed by atoms with Crippen molar-refractivity contribution in [1.29, 1.82) is 0 Å². The molecule has 21 heavy (non-hydrogen) atoms. The van der Waals surface area contributed by atoms with Gasteiger partial charge in [0.2, 0.25) is 0 Å². The molecule has 0 saturated heterocycles. The van der Waals surface area contributed by atoms with E-state index < -0.39 is 0 Å². The van der Waals surface area contributed by atoms with E-state index in [1.165, 1.54) is 11.1 Å². The lowest BCUT2D eigenvalue weighted by atomic mass is 10.1. The quantitative estimate of drug-likeness (QED) is 0.857. The van der Waals surface area contributed by atoms with E-state index in [1.807, 2.05) is 24.3 Å². The molecule has 4 heteroatoms. The van der Waals surface area contributed by atoms with Crippen LogP contribution in [0.25, 0.3) is 0 Å². The minimum absolute atomic E-state index is 0.646. The van der Waals surface area contributed by atoms with E-state index >= 15 is 0 Å². The topological polar surface area (TPSA) is 30.5 Å². The van der Waals surface area contributed by atoms with Gasteiger partial charge in [-0.25, -0.2) is 0 Å². The number of nitrogens with one attached hydrogen (secondary N) is 1. The average Bonchev–Trinajstić information content (AvgIpc) is 2.52. The van der Waals surface area contributed by atoms with Gasteiger partial charge in [0.1, 0.15) is 16.5 Å². The summed E-state index contributed by atoms with van der Waals surface area (Å²) in [5.74, 6) is 1.49. The number of ether oxygens (including phenoxy) is 2. The Hall–Kier alpha value is -2.07. The fraction of sp³-hybridized carbons (Fsp3) is 0.235. The predicted octanol–water partition coefficient (Wildman–Crippen LogP) is 3.48. The minimum atomic E-state index is 0.646. The second kappa shape index (κ2) is 7.09. The number of aryl methyl sites for hydroxylation is 1. The molecule has 110 valence electrons. The van der Waals surface area contributed by atoms with Crippen LogP contribution < -0.4 is 14.8 Å². The summed E-state index contributed by atoms with van der Waals surface area (Å²) in [4.78, 5) is 0.646. The highest BCUT2D eigenvalue weighted by molar-refractivity contribution is 7.80. The van der Waals surface area contributed by atoms with Crippen LogP contribution in [0.4, 0.5) is 0 Å². The van der Waals surface area contributed by atoms with Crippen LogP contribution in [-0.2, 0) is 6.54 Å². The molecule has 2 rings (SSSR count). The van der Waals surface area contributed by atoms with E-state index in [0.717, 1.165) is 17.1 Å². The molecule has 0 radical (unpaired) electrons. The number of thiocarbonyl (C=S) groups is 1. The highest BCUT2D eigenvalue weighted by Crippen LogP contribution is 2.24. The number of hydrogen-bond donors (Lipinski definition) is 1. The molecular weight excluding hydrogens is 282 g/mol. The number of benzene rings is 2. The maximum Gasteiger partial charge on any atom is 0.129 e. The third-order valence-electron chi connectivity index (χ3n) is 3.19. The minimum Gasteiger partial charge on any atom is -0.497 e. The molecule has 0 aliphatic carbocycles. The maximum absolute atomic E-state index is 5.47. The Morgan fingerprint density at radius 2 is 1.90 bits per heavy atom. The third-order valence-corrected chi connectivity index (χ3v) is 3.55. The fourth-order valence-corrected chi connectivity index (χ4v) is 2.32. The summed E-state index contributed by atoms with van der Waals surface area (Å²) in [6.07, 6.45) is 0. The van der Waals surface area contributed by atoms with Crippen LogP contribution in [-0.4, -0.2) is 19.2 Å². The van der Waals surface area contributed by atoms with Crippen LogP contribution in [0.15, 0.2) is 42.5 Å². The molecule has 0 bridgehead atoms. The summed E-state index contributed by atoms with van der Waals surface area (Å²) in [7, 11) is 3.27. The highest BCUT2D eigenvalue weighted by Gasteiger charge is 2.10. The zero-order valence-corrected chi connectivity index (χ0v) is 13.3. The zero-order valence-electron chi connectivity index (χ0n) is 12.5. The molecule has 3 nitrogen and oxygen atoms in total. The van der Waals surface area contributed by atoms with Crippen LogP contribution in [0.1, 0.15) is 16.7 Å². The molecular formula is C17H19NO2S. The maximum atomic E-state index is 5.47. The molecule has 0 aromatic heterocycles. The van der Waals surface area contributed by atoms with Crippen molar-refractivity contribution in [2.45, 2.75) is 13.5 Å². The molecule has 0 saturated carbocycles. The van der Waals surface area contributed by atoms with E-state index in [4.69, 9.17) is 21.7 Å². The van der Waals surface area contributed by atoms with E-state index in [-0.39, 0.29) is 0 Å². The van der Waals surface area contributed by atoms with Crippen molar-refractivity contribution in [2.24, 2.45) is 0 Å². The van der Waals surface area contributed by atoms with E-state index in [1.54, 1.807) is 14.2 Å². The van der Waals surface area contributed by atoms with Crippen molar-refractivity contribution < 1.29 is 9.47 Å². The first-order valence-electron chi connectivity index (χ1n) is 6.70. The predicted molar refractivity (Wildman–Crippen MR) is 89.3 cm³/mol. The summed E-state index contributed by atoms with van der Waals surface area (Å²) in [6.45, 7) is 2.76. The Kier molecular flexibility index (Phi) is 5.17. The lowest BCUT2D eigenvalue weighted by Gasteiger charge is -2.13. The van der Waals surface area contributed by atoms with Gasteiger partial charge < -0.3 is 14.8 Å². The normalized spacial score (nSPS) is 10.0. The standard InChI is InChI=1S/C17H19NO2S/c1-12-5-4-6-13(9-12)11-18-17(21)15-10-14(19-2)7-8-16(15)20-3/h4-10H,11H2,1-3H3,(H,18,21). The lowest BCUT2D eigenvalue weighted by molar-refractivity contribution is 0.402. The van der Waals surface area contributed by atoms with Crippen LogP contribution in [0.3, 0.4) is 0 Å². The summed E-state index contributed by atoms with van der Waals surface area (Å²) in [5, 5.41) is 3.26. The molecule has 0 spiro atoms. The average molecular weight is 301 g/mol. The molecule has 0 aliphatic rings. The second-order valence-electron chi connectivity index (χ2n) is 4.74. The van der Waals surface area contributed by atoms with Gasteiger partial charge in [-0.3, -0.25) is 0 Å². The largest absolute Gasteiger partial charge is 0.497 e. The Morgan fingerprint density at radius 1 is 1.10 bits per heavy atom. The molecule has 0 amide bonds. The summed E-state index contributed by atoms with van der Waals surface area (Å²) in [5.41, 5.74) is 3.26. The Bertz CT molecular complexity index is 640. The van der Waals surface area contributed by atoms with Crippen molar-refractivity contribution in [1.82, 2.24) is 5.32 Å². The molecule has 2 aromatic rings. The molecule has 0 aliphatic heterocycles. The van der Waals surface area contributed by atoms with Gasteiger partial charge in [-0.15, -0.1) is 0 Å². The number of methoxy groups -OCH3 is 2. The van der Waals surface area contributed by atoms with E-state index in [9.17, 15) is 0 Å². The molecule has 0 fully saturated rings. The lowest BCUT2D eigenvalue weighted by Crippen LogP contribution is -2.22. The van der Waals surface area contributed by atoms with Gasteiger partial charge in [0.15, 0.2) is 0 Å². The van der Waals surface area contributed by atoms with Crippen LogP contribution in [0, 0.1) is 6.92 Å². The van der Waals surface area contributed by atoms with Gasteiger partial charge in [0.25, 0.3) is 0 Å². The molecule has 0 atom stereocenters. The fourth-order valence-electron chi connectivity index (χ4n) is 2.09. The van der Waals surface area contributed by atoms with Crippen LogP contribution >= 0.6 is 12.2 Å². The van der Waals surface area contributed by atoms with Gasteiger partial charge in [-0.1, -0.05) is 42.0 Å². The monoisotopic (exact) mass is 301 g/mol. The Morgan fingerprint density at radius 3 is 2.57 bits per heavy atom. The second-order valence-corrected chi connectivity index (χ2v) is 5.15.